The number of aromatic nitrogens is 5. The summed E-state index contributed by atoms with van der Waals surface area (Å²) >= 11 is 0. The Morgan fingerprint density at radius 3 is 1.77 bits per heavy atom. The second-order valence-corrected chi connectivity index (χ2v) is 13.0. The summed E-state index contributed by atoms with van der Waals surface area (Å²) < 4.78 is 4.63. The highest BCUT2D eigenvalue weighted by molar-refractivity contribution is 6.09. The Balaban J connectivity index is 1.08. The van der Waals surface area contributed by atoms with Gasteiger partial charge in [0.25, 0.3) is 0 Å². The summed E-state index contributed by atoms with van der Waals surface area (Å²) in [6.45, 7) is 2.24. The van der Waals surface area contributed by atoms with Crippen molar-refractivity contribution in [3.8, 4) is 22.5 Å². The highest BCUT2D eigenvalue weighted by Gasteiger charge is 2.18. The molecule has 0 spiro atoms. The van der Waals surface area contributed by atoms with E-state index in [-0.39, 0.29) is 0 Å². The average Bonchev–Trinajstić information content (AvgIpc) is 3.63. The number of aryl methyl sites for hydroxylation is 3. The zero-order chi connectivity index (χ0) is 31.3. The van der Waals surface area contributed by atoms with Crippen LogP contribution in [0.3, 0.4) is 0 Å². The molecule has 0 fully saturated rings. The smallest absolute Gasteiger partial charge is 0.145 e. The first kappa shape index (κ1) is 28.0. The standard InChI is InChI=1S/C42H37N5/c1-2-3-4-11-32-26-40-38(27-45-32)36-13-8-23-44-42(36)47(40)34-20-16-29(17-21-34)28-14-18-33(19-15-28)46-39-25-31-10-6-5-9-30(31)24-37(39)35-12-7-22-43-41(35)46/h7-8,12-27H,2-6,9-11H2,1H3. The second-order valence-electron chi connectivity index (χ2n) is 13.0. The maximum atomic E-state index is 4.85. The molecule has 5 heterocycles. The number of rotatable bonds is 7. The van der Waals surface area contributed by atoms with Gasteiger partial charge in [0.2, 0.25) is 0 Å². The number of nitrogens with zero attached hydrogens (tertiary/aromatic N) is 5. The fourth-order valence-electron chi connectivity index (χ4n) is 7.67. The van der Waals surface area contributed by atoms with Crippen LogP contribution in [-0.2, 0) is 19.3 Å². The van der Waals surface area contributed by atoms with Crippen LogP contribution in [0.2, 0.25) is 0 Å². The SMILES string of the molecule is CCCCCc1cc2c(cn1)c1cccnc1n2-c1ccc(-c2ccc(-n3c4cc5c(cc4c4cccnc43)CCCC5)cc2)cc1. The first-order chi connectivity index (χ1) is 23.3. The van der Waals surface area contributed by atoms with Crippen molar-refractivity contribution in [3.63, 3.8) is 0 Å². The fourth-order valence-corrected chi connectivity index (χ4v) is 7.67. The van der Waals surface area contributed by atoms with Crippen molar-refractivity contribution in [2.45, 2.75) is 58.3 Å². The topological polar surface area (TPSA) is 48.5 Å². The number of hydrogen-bond donors (Lipinski definition) is 0. The van der Waals surface area contributed by atoms with Gasteiger partial charge in [-0.2, -0.15) is 0 Å². The minimum absolute atomic E-state index is 0.966. The Bertz CT molecular complexity index is 2410. The number of unbranched alkanes of at least 4 members (excludes halogenated alkanes) is 2. The van der Waals surface area contributed by atoms with Crippen LogP contribution in [0, 0.1) is 0 Å². The van der Waals surface area contributed by atoms with E-state index in [1.165, 1.54) is 76.2 Å². The number of benzene rings is 3. The lowest BCUT2D eigenvalue weighted by Crippen LogP contribution is -2.03. The van der Waals surface area contributed by atoms with Crippen LogP contribution in [0.4, 0.5) is 0 Å². The molecule has 0 amide bonds. The molecule has 1 aliphatic carbocycles. The zero-order valence-corrected chi connectivity index (χ0v) is 26.8. The third-order valence-corrected chi connectivity index (χ3v) is 10.1. The van der Waals surface area contributed by atoms with Crippen molar-refractivity contribution in [3.05, 3.63) is 126 Å². The van der Waals surface area contributed by atoms with Gasteiger partial charge in [-0.1, -0.05) is 44.0 Å². The molecule has 3 aromatic carbocycles. The van der Waals surface area contributed by atoms with Crippen LogP contribution in [-0.4, -0.2) is 24.1 Å². The molecule has 47 heavy (non-hydrogen) atoms. The maximum absolute atomic E-state index is 4.85. The molecule has 0 aliphatic heterocycles. The normalized spacial score (nSPS) is 13.2. The fraction of sp³-hybridized carbons (Fsp3) is 0.214. The van der Waals surface area contributed by atoms with Crippen LogP contribution in [0.15, 0.2) is 110 Å². The van der Waals surface area contributed by atoms with Gasteiger partial charge in [-0.05, 0) is 128 Å². The van der Waals surface area contributed by atoms with Gasteiger partial charge < -0.3 is 0 Å². The van der Waals surface area contributed by atoms with E-state index in [0.29, 0.717) is 0 Å². The molecule has 5 nitrogen and oxygen atoms in total. The first-order valence-electron chi connectivity index (χ1n) is 17.1. The third-order valence-electron chi connectivity index (χ3n) is 10.1. The van der Waals surface area contributed by atoms with Gasteiger partial charge in [0.05, 0.1) is 11.0 Å². The van der Waals surface area contributed by atoms with E-state index >= 15 is 0 Å². The van der Waals surface area contributed by atoms with Crippen LogP contribution >= 0.6 is 0 Å². The van der Waals surface area contributed by atoms with Crippen LogP contribution < -0.4 is 0 Å². The van der Waals surface area contributed by atoms with Crippen LogP contribution in [0.25, 0.3) is 66.4 Å². The van der Waals surface area contributed by atoms with Gasteiger partial charge in [0, 0.05) is 57.2 Å². The molecular weight excluding hydrogens is 574 g/mol. The Kier molecular flexibility index (Phi) is 6.85. The monoisotopic (exact) mass is 611 g/mol. The molecular formula is C42H37N5. The molecule has 0 unspecified atom stereocenters. The third kappa shape index (κ3) is 4.72. The summed E-state index contributed by atoms with van der Waals surface area (Å²) in [4.78, 5) is 14.5. The van der Waals surface area contributed by atoms with Crippen LogP contribution in [0.1, 0.15) is 55.8 Å². The summed E-state index contributed by atoms with van der Waals surface area (Å²) in [7, 11) is 0. The Labute approximate surface area is 274 Å². The summed E-state index contributed by atoms with van der Waals surface area (Å²) in [6, 6.07) is 33.4. The van der Waals surface area contributed by atoms with Gasteiger partial charge in [0.15, 0.2) is 0 Å². The number of fused-ring (bicyclic) bond motifs is 7. The molecule has 0 bridgehead atoms. The zero-order valence-electron chi connectivity index (χ0n) is 26.8. The summed E-state index contributed by atoms with van der Waals surface area (Å²) in [6.07, 6.45) is 15.3. The minimum Gasteiger partial charge on any atom is -0.294 e. The number of pyridine rings is 3. The van der Waals surface area contributed by atoms with Gasteiger partial charge in [-0.25, -0.2) is 9.97 Å². The lowest BCUT2D eigenvalue weighted by atomic mass is 9.90. The molecule has 5 aromatic heterocycles. The molecule has 8 aromatic rings. The van der Waals surface area contributed by atoms with E-state index in [4.69, 9.17) is 15.0 Å². The van der Waals surface area contributed by atoms with Crippen LogP contribution in [0.5, 0.6) is 0 Å². The van der Waals surface area contributed by atoms with Crippen molar-refractivity contribution in [2.75, 3.05) is 0 Å². The van der Waals surface area contributed by atoms with Crippen molar-refractivity contribution in [1.29, 1.82) is 0 Å². The molecule has 0 atom stereocenters. The van der Waals surface area contributed by atoms with E-state index in [1.807, 2.05) is 24.7 Å². The van der Waals surface area contributed by atoms with Gasteiger partial charge in [0.1, 0.15) is 11.3 Å². The second kappa shape index (κ2) is 11.5. The summed E-state index contributed by atoms with van der Waals surface area (Å²) in [5.41, 5.74) is 13.2. The molecule has 0 N–H and O–H groups in total. The van der Waals surface area contributed by atoms with Crippen molar-refractivity contribution in [2.24, 2.45) is 0 Å². The van der Waals surface area contributed by atoms with Gasteiger partial charge >= 0.3 is 0 Å². The molecule has 0 saturated heterocycles. The van der Waals surface area contributed by atoms with Crippen molar-refractivity contribution < 1.29 is 0 Å². The molecule has 5 heteroatoms. The molecule has 9 rings (SSSR count). The van der Waals surface area contributed by atoms with E-state index < -0.39 is 0 Å². The lowest BCUT2D eigenvalue weighted by Gasteiger charge is -2.16. The van der Waals surface area contributed by atoms with E-state index in [0.717, 1.165) is 58.4 Å². The molecule has 230 valence electrons. The lowest BCUT2D eigenvalue weighted by molar-refractivity contribution is 0.687. The predicted octanol–water partition coefficient (Wildman–Crippen LogP) is 10.3. The Hall–Kier alpha value is -5.29. The quantitative estimate of drug-likeness (QED) is 0.169. The average molecular weight is 612 g/mol. The largest absolute Gasteiger partial charge is 0.294 e. The van der Waals surface area contributed by atoms with Gasteiger partial charge in [-0.3, -0.25) is 14.1 Å². The molecule has 0 saturated carbocycles. The van der Waals surface area contributed by atoms with E-state index in [1.54, 1.807) is 0 Å². The van der Waals surface area contributed by atoms with Crippen molar-refractivity contribution >= 4 is 43.9 Å². The number of hydrogen-bond acceptors (Lipinski definition) is 3. The first-order valence-corrected chi connectivity index (χ1v) is 17.1. The highest BCUT2D eigenvalue weighted by Crippen LogP contribution is 2.36. The van der Waals surface area contributed by atoms with E-state index in [2.05, 4.69) is 101 Å². The van der Waals surface area contributed by atoms with Gasteiger partial charge in [-0.15, -0.1) is 0 Å². The predicted molar refractivity (Wildman–Crippen MR) is 194 cm³/mol. The highest BCUT2D eigenvalue weighted by atomic mass is 15.1. The van der Waals surface area contributed by atoms with Crippen molar-refractivity contribution in [1.82, 2.24) is 24.1 Å². The maximum Gasteiger partial charge on any atom is 0.145 e. The summed E-state index contributed by atoms with van der Waals surface area (Å²) in [5, 5.41) is 4.80. The molecule has 0 radical (unpaired) electrons. The Morgan fingerprint density at radius 1 is 0.574 bits per heavy atom. The minimum atomic E-state index is 0.966. The molecule has 1 aliphatic rings. The van der Waals surface area contributed by atoms with E-state index in [9.17, 15) is 0 Å². The summed E-state index contributed by atoms with van der Waals surface area (Å²) in [5.74, 6) is 0. The Morgan fingerprint density at radius 2 is 1.15 bits per heavy atom.